The maximum absolute atomic E-state index is 13.9. The van der Waals surface area contributed by atoms with E-state index in [2.05, 4.69) is 9.98 Å². The fourth-order valence-electron chi connectivity index (χ4n) is 1.73. The van der Waals surface area contributed by atoms with Crippen molar-refractivity contribution in [3.63, 3.8) is 0 Å². The first kappa shape index (κ1) is 14.8. The number of pyridine rings is 1. The Morgan fingerprint density at radius 3 is 2.43 bits per heavy atom. The van der Waals surface area contributed by atoms with Gasteiger partial charge in [0, 0.05) is 17.3 Å². The zero-order valence-electron chi connectivity index (χ0n) is 10.5. The summed E-state index contributed by atoms with van der Waals surface area (Å²) in [5.41, 5.74) is 9.26. The Labute approximate surface area is 117 Å². The summed E-state index contributed by atoms with van der Waals surface area (Å²) in [7, 11) is 0. The molecule has 0 atom stereocenters. The summed E-state index contributed by atoms with van der Waals surface area (Å²) in [5.74, 6) is -1.22. The lowest BCUT2D eigenvalue weighted by Crippen LogP contribution is -2.22. The maximum atomic E-state index is 13.9. The molecular weight excluding hydrogens is 288 g/mol. The van der Waals surface area contributed by atoms with Gasteiger partial charge >= 0.3 is 6.18 Å². The molecule has 1 aromatic carbocycles. The summed E-state index contributed by atoms with van der Waals surface area (Å²) in [4.78, 5) is 7.51. The van der Waals surface area contributed by atoms with Crippen LogP contribution in [0.1, 0.15) is 5.56 Å². The third-order valence-corrected chi connectivity index (χ3v) is 2.61. The Morgan fingerprint density at radius 2 is 1.81 bits per heavy atom. The van der Waals surface area contributed by atoms with Crippen molar-refractivity contribution >= 4 is 11.8 Å². The molecule has 0 saturated heterocycles. The van der Waals surface area contributed by atoms with Gasteiger partial charge in [0.25, 0.3) is 0 Å². The van der Waals surface area contributed by atoms with Gasteiger partial charge in [-0.05, 0) is 30.3 Å². The molecule has 0 amide bonds. The highest BCUT2D eigenvalue weighted by Gasteiger charge is 2.31. The van der Waals surface area contributed by atoms with Crippen LogP contribution in [-0.4, -0.2) is 10.9 Å². The van der Waals surface area contributed by atoms with Gasteiger partial charge in [-0.3, -0.25) is 0 Å². The van der Waals surface area contributed by atoms with Gasteiger partial charge in [-0.1, -0.05) is 0 Å². The minimum atomic E-state index is -4.58. The number of halogens is 4. The molecule has 4 N–H and O–H groups in total. The second-order valence-electron chi connectivity index (χ2n) is 4.10. The monoisotopic (exact) mass is 298 g/mol. The summed E-state index contributed by atoms with van der Waals surface area (Å²) in [6.45, 7) is 0. The van der Waals surface area contributed by atoms with E-state index in [9.17, 15) is 17.6 Å². The van der Waals surface area contributed by atoms with E-state index in [1.165, 1.54) is 18.3 Å². The molecule has 0 saturated carbocycles. The van der Waals surface area contributed by atoms with Gasteiger partial charge in [0.1, 0.15) is 5.82 Å². The molecule has 4 nitrogen and oxygen atoms in total. The van der Waals surface area contributed by atoms with Crippen LogP contribution in [0.15, 0.2) is 41.5 Å². The zero-order chi connectivity index (χ0) is 15.6. The smallest absolute Gasteiger partial charge is 0.370 e. The number of guanidine groups is 1. The Kier molecular flexibility index (Phi) is 3.79. The summed E-state index contributed by atoms with van der Waals surface area (Å²) in [6.07, 6.45) is -3.24. The van der Waals surface area contributed by atoms with E-state index in [4.69, 9.17) is 11.5 Å². The molecule has 0 bridgehead atoms. The molecule has 0 aliphatic rings. The first-order valence-corrected chi connectivity index (χ1v) is 5.71. The summed E-state index contributed by atoms with van der Waals surface area (Å²) in [5, 5.41) is 0. The summed E-state index contributed by atoms with van der Waals surface area (Å²) < 4.78 is 52.0. The van der Waals surface area contributed by atoms with Crippen LogP contribution in [0.25, 0.3) is 11.1 Å². The van der Waals surface area contributed by atoms with E-state index in [0.717, 1.165) is 6.07 Å². The number of rotatable bonds is 2. The van der Waals surface area contributed by atoms with Crippen molar-refractivity contribution in [2.75, 3.05) is 0 Å². The van der Waals surface area contributed by atoms with Crippen LogP contribution in [0.2, 0.25) is 0 Å². The van der Waals surface area contributed by atoms with Gasteiger partial charge < -0.3 is 11.5 Å². The molecule has 21 heavy (non-hydrogen) atoms. The van der Waals surface area contributed by atoms with Crippen LogP contribution in [0.5, 0.6) is 0 Å². The molecule has 2 aromatic rings. The highest BCUT2D eigenvalue weighted by Crippen LogP contribution is 2.36. The highest BCUT2D eigenvalue weighted by atomic mass is 19.4. The molecule has 0 unspecified atom stereocenters. The first-order valence-electron chi connectivity index (χ1n) is 5.71. The van der Waals surface area contributed by atoms with Crippen molar-refractivity contribution in [3.8, 4) is 11.1 Å². The number of nitrogens with two attached hydrogens (primary N) is 2. The molecule has 8 heteroatoms. The fraction of sp³-hybridized carbons (Fsp3) is 0.0769. The van der Waals surface area contributed by atoms with Crippen LogP contribution in [0.4, 0.5) is 23.4 Å². The third kappa shape index (κ3) is 3.28. The fourth-order valence-corrected chi connectivity index (χ4v) is 1.73. The van der Waals surface area contributed by atoms with Crippen molar-refractivity contribution in [1.82, 2.24) is 4.98 Å². The molecule has 1 heterocycles. The topological polar surface area (TPSA) is 77.3 Å². The van der Waals surface area contributed by atoms with Gasteiger partial charge in [0.2, 0.25) is 0 Å². The first-order chi connectivity index (χ1) is 9.79. The van der Waals surface area contributed by atoms with Gasteiger partial charge in [-0.15, -0.1) is 0 Å². The Hall–Kier alpha value is -2.64. The number of alkyl halides is 3. The van der Waals surface area contributed by atoms with E-state index in [0.29, 0.717) is 12.1 Å². The number of benzene rings is 1. The van der Waals surface area contributed by atoms with Crippen LogP contribution >= 0.6 is 0 Å². The molecule has 110 valence electrons. The summed E-state index contributed by atoms with van der Waals surface area (Å²) in [6, 6.07) is 4.92. The highest BCUT2D eigenvalue weighted by molar-refractivity contribution is 5.83. The second-order valence-corrected chi connectivity index (χ2v) is 4.10. The third-order valence-electron chi connectivity index (χ3n) is 2.61. The quantitative estimate of drug-likeness (QED) is 0.508. The number of hydrogen-bond acceptors (Lipinski definition) is 2. The van der Waals surface area contributed by atoms with Crippen molar-refractivity contribution in [2.45, 2.75) is 6.18 Å². The lowest BCUT2D eigenvalue weighted by atomic mass is 10.0. The van der Waals surface area contributed by atoms with Gasteiger partial charge in [0.05, 0.1) is 5.56 Å². The predicted octanol–water partition coefficient (Wildman–Crippen LogP) is 2.81. The lowest BCUT2D eigenvalue weighted by molar-refractivity contribution is -0.137. The zero-order valence-corrected chi connectivity index (χ0v) is 10.5. The second kappa shape index (κ2) is 5.39. The van der Waals surface area contributed by atoms with Crippen molar-refractivity contribution in [2.24, 2.45) is 16.5 Å². The van der Waals surface area contributed by atoms with Gasteiger partial charge in [-0.25, -0.2) is 9.37 Å². The molecule has 2 rings (SSSR count). The molecule has 1 aromatic heterocycles. The predicted molar refractivity (Wildman–Crippen MR) is 70.1 cm³/mol. The van der Waals surface area contributed by atoms with Crippen LogP contribution in [0.3, 0.4) is 0 Å². The van der Waals surface area contributed by atoms with E-state index in [1.54, 1.807) is 0 Å². The number of aliphatic imine (C=N–C) groups is 1. The molecule has 0 aliphatic heterocycles. The average molecular weight is 298 g/mol. The molecular formula is C13H10F4N4. The minimum Gasteiger partial charge on any atom is -0.370 e. The Morgan fingerprint density at radius 1 is 1.10 bits per heavy atom. The van der Waals surface area contributed by atoms with E-state index < -0.39 is 17.6 Å². The SMILES string of the molecule is NC(N)=Nc1ncccc1-c1cc(C(F)(F)F)ccc1F. The average Bonchev–Trinajstić information content (AvgIpc) is 2.38. The standard InChI is InChI=1S/C13H10F4N4/c14-10-4-3-7(13(15,16)17)6-9(10)8-2-1-5-20-11(8)21-12(18)19/h1-6H,(H4,18,19,20,21). The number of aromatic nitrogens is 1. The number of nitrogens with zero attached hydrogens (tertiary/aromatic N) is 2. The lowest BCUT2D eigenvalue weighted by Gasteiger charge is -2.11. The maximum Gasteiger partial charge on any atom is 0.416 e. The summed E-state index contributed by atoms with van der Waals surface area (Å²) >= 11 is 0. The van der Waals surface area contributed by atoms with Crippen LogP contribution < -0.4 is 11.5 Å². The van der Waals surface area contributed by atoms with Gasteiger partial charge in [-0.2, -0.15) is 18.2 Å². The van der Waals surface area contributed by atoms with E-state index in [1.807, 2.05) is 0 Å². The van der Waals surface area contributed by atoms with E-state index >= 15 is 0 Å². The molecule has 0 radical (unpaired) electrons. The van der Waals surface area contributed by atoms with Gasteiger partial charge in [0.15, 0.2) is 11.8 Å². The van der Waals surface area contributed by atoms with E-state index in [-0.39, 0.29) is 22.9 Å². The molecule has 0 aliphatic carbocycles. The minimum absolute atomic E-state index is 0.0595. The van der Waals surface area contributed by atoms with Crippen molar-refractivity contribution < 1.29 is 17.6 Å². The van der Waals surface area contributed by atoms with Crippen LogP contribution in [0, 0.1) is 5.82 Å². The largest absolute Gasteiger partial charge is 0.416 e. The number of hydrogen-bond donors (Lipinski definition) is 2. The van der Waals surface area contributed by atoms with Crippen molar-refractivity contribution in [3.05, 3.63) is 47.9 Å². The van der Waals surface area contributed by atoms with Crippen LogP contribution in [-0.2, 0) is 6.18 Å². The molecule has 0 fully saturated rings. The Balaban J connectivity index is 2.65. The normalized spacial score (nSPS) is 11.2. The van der Waals surface area contributed by atoms with Crippen molar-refractivity contribution in [1.29, 1.82) is 0 Å². The Bertz CT molecular complexity index is 691. The molecule has 0 spiro atoms.